The van der Waals surface area contributed by atoms with Crippen molar-refractivity contribution in [3.05, 3.63) is 76.7 Å². The van der Waals surface area contributed by atoms with E-state index in [1.807, 2.05) is 4.90 Å². The highest BCUT2D eigenvalue weighted by Crippen LogP contribution is 2.49. The normalized spacial score (nSPS) is 24.3. The number of fused-ring (bicyclic) bond motifs is 1. The standard InChI is InChI=1S/C30H31F4N3O4/c1-28(2)16-37(24(15-38)17-3-5-19(6-4-17)30(32,33)34)12-11-29(28,41)22-8-9-23-21(26(22)31)13-18(14-35-23)20-7-10-25(39)36-27(20)40/h3-6,8-9,13-14,20,24,38,41H,7,10-12,15-16H2,1-2H3,(H,36,39,40)/t20?,24-,29-/m0/s1. The van der Waals surface area contributed by atoms with Crippen LogP contribution in [0.3, 0.4) is 0 Å². The lowest BCUT2D eigenvalue weighted by atomic mass is 9.66. The van der Waals surface area contributed by atoms with Crippen molar-refractivity contribution in [1.29, 1.82) is 0 Å². The molecule has 11 heteroatoms. The lowest BCUT2D eigenvalue weighted by Gasteiger charge is -2.52. The molecule has 3 N–H and O–H groups in total. The zero-order valence-electron chi connectivity index (χ0n) is 22.6. The van der Waals surface area contributed by atoms with Gasteiger partial charge in [-0.3, -0.25) is 24.8 Å². The molecule has 1 aromatic heterocycles. The van der Waals surface area contributed by atoms with Crippen LogP contribution in [-0.4, -0.2) is 51.6 Å². The van der Waals surface area contributed by atoms with Gasteiger partial charge in [-0.25, -0.2) is 4.39 Å². The maximum Gasteiger partial charge on any atom is 0.416 e. The summed E-state index contributed by atoms with van der Waals surface area (Å²) in [4.78, 5) is 30.1. The molecular formula is C30H31F4N3O4. The molecule has 2 fully saturated rings. The first-order chi connectivity index (χ1) is 19.2. The Bertz CT molecular complexity index is 1490. The van der Waals surface area contributed by atoms with E-state index in [1.165, 1.54) is 24.4 Å². The Morgan fingerprint density at radius 3 is 2.46 bits per heavy atom. The summed E-state index contributed by atoms with van der Waals surface area (Å²) in [5.74, 6) is -2.12. The van der Waals surface area contributed by atoms with Crippen molar-refractivity contribution in [3.8, 4) is 0 Å². The number of nitrogens with one attached hydrogen (secondary N) is 1. The molecule has 0 bridgehead atoms. The highest BCUT2D eigenvalue weighted by atomic mass is 19.4. The second-order valence-electron chi connectivity index (χ2n) is 11.5. The summed E-state index contributed by atoms with van der Waals surface area (Å²) in [5, 5.41) is 24.6. The molecule has 41 heavy (non-hydrogen) atoms. The predicted molar refractivity (Wildman–Crippen MR) is 142 cm³/mol. The number of carbonyl (C=O) groups is 2. The zero-order chi connectivity index (χ0) is 29.7. The minimum absolute atomic E-state index is 0.0759. The Hall–Kier alpha value is -3.41. The van der Waals surface area contributed by atoms with Crippen molar-refractivity contribution in [2.75, 3.05) is 19.7 Å². The van der Waals surface area contributed by atoms with Crippen LogP contribution in [0.2, 0.25) is 0 Å². The van der Waals surface area contributed by atoms with E-state index in [0.717, 1.165) is 12.1 Å². The third kappa shape index (κ3) is 5.22. The molecule has 2 aliphatic rings. The molecule has 3 aromatic rings. The number of pyridine rings is 1. The largest absolute Gasteiger partial charge is 0.416 e. The van der Waals surface area contributed by atoms with Gasteiger partial charge in [-0.05, 0) is 48.2 Å². The van der Waals surface area contributed by atoms with Crippen molar-refractivity contribution in [3.63, 3.8) is 0 Å². The lowest BCUT2D eigenvalue weighted by molar-refractivity contribution is -0.138. The number of benzene rings is 2. The van der Waals surface area contributed by atoms with Gasteiger partial charge >= 0.3 is 6.18 Å². The fourth-order valence-corrected chi connectivity index (χ4v) is 6.15. The molecule has 0 saturated carbocycles. The second-order valence-corrected chi connectivity index (χ2v) is 11.5. The molecule has 2 amide bonds. The van der Waals surface area contributed by atoms with Crippen LogP contribution >= 0.6 is 0 Å². The van der Waals surface area contributed by atoms with Crippen LogP contribution in [0, 0.1) is 11.2 Å². The number of halogens is 4. The van der Waals surface area contributed by atoms with Gasteiger partial charge in [0.2, 0.25) is 11.8 Å². The fourth-order valence-electron chi connectivity index (χ4n) is 6.15. The number of hydrogen-bond donors (Lipinski definition) is 3. The van der Waals surface area contributed by atoms with Gasteiger partial charge in [-0.15, -0.1) is 0 Å². The molecule has 0 spiro atoms. The van der Waals surface area contributed by atoms with Crippen LogP contribution in [0.4, 0.5) is 17.6 Å². The number of rotatable bonds is 5. The van der Waals surface area contributed by atoms with Crippen LogP contribution in [0.25, 0.3) is 10.9 Å². The number of aliphatic hydroxyl groups excluding tert-OH is 1. The van der Waals surface area contributed by atoms with Gasteiger partial charge in [-0.2, -0.15) is 13.2 Å². The van der Waals surface area contributed by atoms with E-state index in [2.05, 4.69) is 10.3 Å². The summed E-state index contributed by atoms with van der Waals surface area (Å²) >= 11 is 0. The van der Waals surface area contributed by atoms with Gasteiger partial charge in [-0.1, -0.05) is 32.0 Å². The van der Waals surface area contributed by atoms with E-state index in [9.17, 15) is 33.0 Å². The van der Waals surface area contributed by atoms with Gasteiger partial charge in [0.1, 0.15) is 5.82 Å². The summed E-state index contributed by atoms with van der Waals surface area (Å²) in [5.41, 5.74) is -1.93. The molecule has 2 saturated heterocycles. The van der Waals surface area contributed by atoms with Gasteiger partial charge in [0.25, 0.3) is 0 Å². The number of piperidine rings is 2. The highest BCUT2D eigenvalue weighted by molar-refractivity contribution is 6.01. The average Bonchev–Trinajstić information content (AvgIpc) is 2.91. The maximum atomic E-state index is 16.2. The average molecular weight is 574 g/mol. The third-order valence-electron chi connectivity index (χ3n) is 8.62. The number of aromatic nitrogens is 1. The van der Waals surface area contributed by atoms with Gasteiger partial charge in [0.05, 0.1) is 35.2 Å². The molecule has 3 atom stereocenters. The van der Waals surface area contributed by atoms with Gasteiger partial charge in [0, 0.05) is 42.1 Å². The van der Waals surface area contributed by atoms with Crippen molar-refractivity contribution in [2.45, 2.75) is 56.8 Å². The van der Waals surface area contributed by atoms with Crippen molar-refractivity contribution >= 4 is 22.7 Å². The number of nitrogens with zero attached hydrogens (tertiary/aromatic N) is 2. The number of alkyl halides is 3. The highest BCUT2D eigenvalue weighted by Gasteiger charge is 2.51. The minimum Gasteiger partial charge on any atom is -0.394 e. The molecule has 218 valence electrons. The molecule has 2 aromatic carbocycles. The Morgan fingerprint density at radius 2 is 1.85 bits per heavy atom. The monoisotopic (exact) mass is 573 g/mol. The number of aliphatic hydroxyl groups is 2. The fraction of sp³-hybridized carbons (Fsp3) is 0.433. The minimum atomic E-state index is -4.47. The first kappa shape index (κ1) is 29.1. The first-order valence-electron chi connectivity index (χ1n) is 13.4. The van der Waals surface area contributed by atoms with Crippen molar-refractivity contribution in [2.24, 2.45) is 5.41 Å². The second kappa shape index (κ2) is 10.5. The summed E-state index contributed by atoms with van der Waals surface area (Å²) in [6.45, 7) is 3.68. The number of carbonyl (C=O) groups excluding carboxylic acids is 2. The molecule has 0 radical (unpaired) electrons. The van der Waals surface area contributed by atoms with E-state index < -0.39 is 46.4 Å². The molecule has 5 rings (SSSR count). The van der Waals surface area contributed by atoms with Crippen LogP contribution in [0.15, 0.2) is 48.7 Å². The van der Waals surface area contributed by atoms with Crippen LogP contribution in [-0.2, 0) is 21.4 Å². The molecule has 1 unspecified atom stereocenters. The summed E-state index contributed by atoms with van der Waals surface area (Å²) in [7, 11) is 0. The Labute approximate surface area is 234 Å². The van der Waals surface area contributed by atoms with Crippen LogP contribution < -0.4 is 5.32 Å². The Balaban J connectivity index is 1.44. The summed E-state index contributed by atoms with van der Waals surface area (Å²) in [6, 6.07) is 8.69. The van der Waals surface area contributed by atoms with Gasteiger partial charge < -0.3 is 10.2 Å². The van der Waals surface area contributed by atoms with E-state index in [1.54, 1.807) is 26.0 Å². The topological polar surface area (TPSA) is 103 Å². The Morgan fingerprint density at radius 1 is 1.15 bits per heavy atom. The van der Waals surface area contributed by atoms with E-state index in [-0.39, 0.29) is 55.8 Å². The molecule has 3 heterocycles. The number of likely N-dealkylation sites (tertiary alicyclic amines) is 1. The zero-order valence-corrected chi connectivity index (χ0v) is 22.6. The van der Waals surface area contributed by atoms with Gasteiger partial charge in [0.15, 0.2) is 0 Å². The SMILES string of the molecule is CC1(C)CN([C@@H](CO)c2ccc(C(F)(F)F)cc2)CC[C@]1(O)c1ccc2ncc(C3CCC(=O)NC3=O)cc2c1F. The van der Waals surface area contributed by atoms with E-state index in [0.29, 0.717) is 16.6 Å². The summed E-state index contributed by atoms with van der Waals surface area (Å²) in [6.07, 6.45) is -2.42. The molecular weight excluding hydrogens is 542 g/mol. The lowest BCUT2D eigenvalue weighted by Crippen LogP contribution is -2.56. The maximum absolute atomic E-state index is 16.2. The number of amides is 2. The summed E-state index contributed by atoms with van der Waals surface area (Å²) < 4.78 is 55.3. The van der Waals surface area contributed by atoms with Crippen LogP contribution in [0.5, 0.6) is 0 Å². The quantitative estimate of drug-likeness (QED) is 0.306. The van der Waals surface area contributed by atoms with E-state index in [4.69, 9.17) is 0 Å². The molecule has 2 aliphatic heterocycles. The van der Waals surface area contributed by atoms with Crippen LogP contribution in [0.1, 0.15) is 67.3 Å². The smallest absolute Gasteiger partial charge is 0.394 e. The number of imide groups is 1. The van der Waals surface area contributed by atoms with Crippen molar-refractivity contribution < 1.29 is 37.4 Å². The molecule has 7 nitrogen and oxygen atoms in total. The molecule has 0 aliphatic carbocycles. The Kier molecular flexibility index (Phi) is 7.42. The van der Waals surface area contributed by atoms with E-state index >= 15 is 4.39 Å². The predicted octanol–water partition coefficient (Wildman–Crippen LogP) is 4.57. The first-order valence-corrected chi connectivity index (χ1v) is 13.4. The van der Waals surface area contributed by atoms with Crippen molar-refractivity contribution in [1.82, 2.24) is 15.2 Å². The third-order valence-corrected chi connectivity index (χ3v) is 8.62. The number of hydrogen-bond acceptors (Lipinski definition) is 6.